The zero-order valence-electron chi connectivity index (χ0n) is 12.1. The van der Waals surface area contributed by atoms with Crippen LogP contribution in [0.15, 0.2) is 31.0 Å². The molecule has 0 saturated carbocycles. The van der Waals surface area contributed by atoms with Crippen molar-refractivity contribution in [2.24, 2.45) is 0 Å². The van der Waals surface area contributed by atoms with Gasteiger partial charge in [0.2, 0.25) is 0 Å². The van der Waals surface area contributed by atoms with Crippen molar-refractivity contribution < 1.29 is 9.53 Å². The molecular formula is C14H17N5O2. The number of carbonyl (C=O) groups is 1. The average molecular weight is 287 g/mol. The molecule has 0 spiro atoms. The number of aromatic nitrogens is 4. The van der Waals surface area contributed by atoms with E-state index in [1.807, 2.05) is 18.7 Å². The van der Waals surface area contributed by atoms with Crippen LogP contribution in [0.25, 0.3) is 5.82 Å². The number of carbonyl (C=O) groups excluding carboxylic acids is 1. The van der Waals surface area contributed by atoms with E-state index >= 15 is 0 Å². The van der Waals surface area contributed by atoms with Crippen molar-refractivity contribution in [2.75, 3.05) is 19.8 Å². The smallest absolute Gasteiger partial charge is 0.254 e. The Hall–Kier alpha value is -2.28. The molecule has 1 amide bonds. The normalized spacial score (nSPS) is 17.7. The summed E-state index contributed by atoms with van der Waals surface area (Å²) < 4.78 is 6.98. The molecule has 0 bridgehead atoms. The third-order valence-corrected chi connectivity index (χ3v) is 3.54. The van der Waals surface area contributed by atoms with Gasteiger partial charge in [-0.05, 0) is 26.0 Å². The van der Waals surface area contributed by atoms with Gasteiger partial charge in [0.1, 0.15) is 12.7 Å². The zero-order valence-corrected chi connectivity index (χ0v) is 12.1. The lowest BCUT2D eigenvalue weighted by Gasteiger charge is -2.42. The first kappa shape index (κ1) is 13.7. The van der Waals surface area contributed by atoms with Crippen LogP contribution in [0, 0.1) is 0 Å². The van der Waals surface area contributed by atoms with Gasteiger partial charge in [0.25, 0.3) is 5.91 Å². The van der Waals surface area contributed by atoms with Crippen molar-refractivity contribution in [1.29, 1.82) is 0 Å². The van der Waals surface area contributed by atoms with Crippen LogP contribution in [-0.2, 0) is 4.74 Å². The van der Waals surface area contributed by atoms with Gasteiger partial charge in [0.15, 0.2) is 5.82 Å². The predicted octanol–water partition coefficient (Wildman–Crippen LogP) is 0.913. The van der Waals surface area contributed by atoms with Gasteiger partial charge >= 0.3 is 0 Å². The summed E-state index contributed by atoms with van der Waals surface area (Å²) in [6.45, 7) is 5.70. The quantitative estimate of drug-likeness (QED) is 0.821. The van der Waals surface area contributed by atoms with E-state index in [-0.39, 0.29) is 11.4 Å². The second kappa shape index (κ2) is 5.25. The topological polar surface area (TPSA) is 73.1 Å². The Kier molecular flexibility index (Phi) is 3.42. The molecule has 0 aromatic carbocycles. The van der Waals surface area contributed by atoms with E-state index in [2.05, 4.69) is 15.1 Å². The second-order valence-electron chi connectivity index (χ2n) is 5.56. The molecule has 3 rings (SSSR count). The maximum atomic E-state index is 12.7. The maximum Gasteiger partial charge on any atom is 0.254 e. The van der Waals surface area contributed by atoms with E-state index in [1.54, 1.807) is 24.7 Å². The minimum atomic E-state index is -0.313. The van der Waals surface area contributed by atoms with Crippen LogP contribution in [0.3, 0.4) is 0 Å². The molecule has 0 N–H and O–H groups in total. The van der Waals surface area contributed by atoms with E-state index in [1.165, 1.54) is 11.0 Å². The van der Waals surface area contributed by atoms with Crippen LogP contribution < -0.4 is 0 Å². The summed E-state index contributed by atoms with van der Waals surface area (Å²) in [5, 5.41) is 4.03. The molecule has 2 aromatic rings. The SMILES string of the molecule is CC1(C)COCCN1C(=O)c1ccnc(-n2cncn2)c1. The monoisotopic (exact) mass is 287 g/mol. The standard InChI is InChI=1S/C14H17N5O2/c1-14(2)8-21-6-5-18(14)13(20)11-3-4-16-12(7-11)19-10-15-9-17-19/h3-4,7,9-10H,5-6,8H2,1-2H3. The van der Waals surface area contributed by atoms with Crippen LogP contribution in [-0.4, -0.2) is 55.9 Å². The van der Waals surface area contributed by atoms with Crippen molar-refractivity contribution >= 4 is 5.91 Å². The molecule has 7 heteroatoms. The molecule has 0 radical (unpaired) electrons. The molecule has 1 aliphatic rings. The summed E-state index contributed by atoms with van der Waals surface area (Å²) in [5.74, 6) is 0.552. The lowest BCUT2D eigenvalue weighted by Crippen LogP contribution is -2.55. The van der Waals surface area contributed by atoms with Gasteiger partial charge in [0, 0.05) is 18.3 Å². The van der Waals surface area contributed by atoms with Gasteiger partial charge in [-0.1, -0.05) is 0 Å². The first-order valence-electron chi connectivity index (χ1n) is 6.79. The lowest BCUT2D eigenvalue weighted by atomic mass is 10.0. The first-order chi connectivity index (χ1) is 10.1. The molecule has 1 saturated heterocycles. The molecule has 3 heterocycles. The Morgan fingerprint density at radius 3 is 3.00 bits per heavy atom. The number of pyridine rings is 1. The highest BCUT2D eigenvalue weighted by Gasteiger charge is 2.34. The summed E-state index contributed by atoms with van der Waals surface area (Å²) in [6.07, 6.45) is 4.59. The molecule has 0 unspecified atom stereocenters. The summed E-state index contributed by atoms with van der Waals surface area (Å²) in [7, 11) is 0. The van der Waals surface area contributed by atoms with Crippen molar-refractivity contribution in [2.45, 2.75) is 19.4 Å². The molecule has 2 aromatic heterocycles. The van der Waals surface area contributed by atoms with Crippen LogP contribution >= 0.6 is 0 Å². The van der Waals surface area contributed by atoms with Crippen LogP contribution in [0.2, 0.25) is 0 Å². The number of rotatable bonds is 2. The number of amides is 1. The number of morpholine rings is 1. The van der Waals surface area contributed by atoms with E-state index in [9.17, 15) is 4.79 Å². The van der Waals surface area contributed by atoms with E-state index in [0.717, 1.165) is 0 Å². The molecule has 1 aliphatic heterocycles. The van der Waals surface area contributed by atoms with Crippen molar-refractivity contribution in [1.82, 2.24) is 24.6 Å². The van der Waals surface area contributed by atoms with Crippen molar-refractivity contribution in [3.05, 3.63) is 36.5 Å². The van der Waals surface area contributed by atoms with Gasteiger partial charge in [-0.3, -0.25) is 4.79 Å². The van der Waals surface area contributed by atoms with Crippen molar-refractivity contribution in [3.8, 4) is 5.82 Å². The minimum absolute atomic E-state index is 0.0212. The molecule has 7 nitrogen and oxygen atoms in total. The number of nitrogens with zero attached hydrogens (tertiary/aromatic N) is 5. The molecule has 0 atom stereocenters. The van der Waals surface area contributed by atoms with Gasteiger partial charge in [0.05, 0.1) is 18.8 Å². The summed E-state index contributed by atoms with van der Waals surface area (Å²) in [5.41, 5.74) is 0.275. The minimum Gasteiger partial charge on any atom is -0.377 e. The first-order valence-corrected chi connectivity index (χ1v) is 6.79. The van der Waals surface area contributed by atoms with Crippen molar-refractivity contribution in [3.63, 3.8) is 0 Å². The third kappa shape index (κ3) is 2.64. The largest absolute Gasteiger partial charge is 0.377 e. The highest BCUT2D eigenvalue weighted by molar-refractivity contribution is 5.95. The van der Waals surface area contributed by atoms with Gasteiger partial charge in [-0.25, -0.2) is 14.6 Å². The fraction of sp³-hybridized carbons (Fsp3) is 0.429. The fourth-order valence-electron chi connectivity index (χ4n) is 2.39. The number of ether oxygens (including phenoxy) is 1. The van der Waals surface area contributed by atoms with Crippen LogP contribution in [0.5, 0.6) is 0 Å². The Bertz CT molecular complexity index is 639. The van der Waals surface area contributed by atoms with E-state index < -0.39 is 0 Å². The molecular weight excluding hydrogens is 270 g/mol. The van der Waals surface area contributed by atoms with Gasteiger partial charge in [-0.15, -0.1) is 0 Å². The van der Waals surface area contributed by atoms with E-state index in [0.29, 0.717) is 31.1 Å². The molecule has 110 valence electrons. The Morgan fingerprint density at radius 1 is 1.43 bits per heavy atom. The van der Waals surface area contributed by atoms with Gasteiger partial charge < -0.3 is 9.64 Å². The zero-order chi connectivity index (χ0) is 14.9. The average Bonchev–Trinajstić information content (AvgIpc) is 3.00. The van der Waals surface area contributed by atoms with Crippen LogP contribution in [0.4, 0.5) is 0 Å². The lowest BCUT2D eigenvalue weighted by molar-refractivity contribution is -0.0370. The second-order valence-corrected chi connectivity index (χ2v) is 5.56. The maximum absolute atomic E-state index is 12.7. The Labute approximate surface area is 122 Å². The highest BCUT2D eigenvalue weighted by atomic mass is 16.5. The summed E-state index contributed by atoms with van der Waals surface area (Å²) in [4.78, 5) is 22.7. The summed E-state index contributed by atoms with van der Waals surface area (Å²) in [6, 6.07) is 3.44. The Morgan fingerprint density at radius 2 is 2.29 bits per heavy atom. The predicted molar refractivity (Wildman–Crippen MR) is 75.1 cm³/mol. The number of hydrogen-bond donors (Lipinski definition) is 0. The third-order valence-electron chi connectivity index (χ3n) is 3.54. The van der Waals surface area contributed by atoms with E-state index in [4.69, 9.17) is 4.74 Å². The molecule has 1 fully saturated rings. The fourth-order valence-corrected chi connectivity index (χ4v) is 2.39. The van der Waals surface area contributed by atoms with Gasteiger partial charge in [-0.2, -0.15) is 5.10 Å². The summed E-state index contributed by atoms with van der Waals surface area (Å²) >= 11 is 0. The Balaban J connectivity index is 1.90. The molecule has 0 aliphatic carbocycles. The highest BCUT2D eigenvalue weighted by Crippen LogP contribution is 2.22. The number of hydrogen-bond acceptors (Lipinski definition) is 5. The molecule has 21 heavy (non-hydrogen) atoms. The van der Waals surface area contributed by atoms with Crippen LogP contribution in [0.1, 0.15) is 24.2 Å².